The van der Waals surface area contributed by atoms with E-state index in [1.165, 1.54) is 40.4 Å². The van der Waals surface area contributed by atoms with Crippen molar-refractivity contribution in [1.29, 1.82) is 0 Å². The molecule has 0 bridgehead atoms. The number of halogens is 1. The third-order valence-corrected chi connectivity index (χ3v) is 4.29. The number of benzene rings is 1. The van der Waals surface area contributed by atoms with Crippen molar-refractivity contribution in [1.82, 2.24) is 14.5 Å². The van der Waals surface area contributed by atoms with E-state index in [9.17, 15) is 9.18 Å². The van der Waals surface area contributed by atoms with Gasteiger partial charge in [0.1, 0.15) is 10.8 Å². The largest absolute Gasteiger partial charge is 0.289 e. The van der Waals surface area contributed by atoms with Gasteiger partial charge in [-0.1, -0.05) is 0 Å². The quantitative estimate of drug-likeness (QED) is 0.729. The summed E-state index contributed by atoms with van der Waals surface area (Å²) in [5, 5.41) is 3.06. The number of nitrogens with zero attached hydrogens (tertiary/aromatic N) is 3. The summed E-state index contributed by atoms with van der Waals surface area (Å²) in [4.78, 5) is 21.0. The van der Waals surface area contributed by atoms with Gasteiger partial charge in [-0.05, 0) is 32.0 Å². The Hall–Kier alpha value is -2.08. The summed E-state index contributed by atoms with van der Waals surface area (Å²) >= 11 is 1.50. The molecule has 1 unspecified atom stereocenters. The Kier molecular flexibility index (Phi) is 3.10. The lowest BCUT2D eigenvalue weighted by atomic mass is 10.2. The van der Waals surface area contributed by atoms with E-state index >= 15 is 0 Å². The molecule has 0 amide bonds. The minimum atomic E-state index is -0.438. The van der Waals surface area contributed by atoms with Crippen LogP contribution in [0.5, 0.6) is 0 Å². The summed E-state index contributed by atoms with van der Waals surface area (Å²) in [7, 11) is 0. The normalized spacial score (nSPS) is 12.8. The Morgan fingerprint density at radius 2 is 2.20 bits per heavy atom. The number of rotatable bonds is 2. The lowest BCUT2D eigenvalue weighted by Crippen LogP contribution is -2.24. The first-order chi connectivity index (χ1) is 9.56. The average Bonchev–Trinajstić information content (AvgIpc) is 2.86. The zero-order chi connectivity index (χ0) is 14.3. The Morgan fingerprint density at radius 1 is 1.40 bits per heavy atom. The molecule has 1 aromatic carbocycles. The van der Waals surface area contributed by atoms with Crippen molar-refractivity contribution in [3.05, 3.63) is 56.8 Å². The molecule has 0 aliphatic carbocycles. The van der Waals surface area contributed by atoms with Gasteiger partial charge in [0.15, 0.2) is 0 Å². The van der Waals surface area contributed by atoms with Crippen molar-refractivity contribution in [3.63, 3.8) is 0 Å². The molecule has 0 radical (unpaired) electrons. The van der Waals surface area contributed by atoms with Crippen LogP contribution in [0.25, 0.3) is 10.9 Å². The van der Waals surface area contributed by atoms with Gasteiger partial charge in [-0.2, -0.15) is 0 Å². The standard InChI is InChI=1S/C14H12FN3OS/c1-8-6-20-13(17-8)9(2)18-7-16-12-4-3-10(15)5-11(12)14(18)19/h3-7,9H,1-2H3. The molecule has 0 fully saturated rings. The molecule has 1 atom stereocenters. The summed E-state index contributed by atoms with van der Waals surface area (Å²) in [5.74, 6) is -0.438. The summed E-state index contributed by atoms with van der Waals surface area (Å²) in [6.45, 7) is 3.79. The molecule has 3 aromatic rings. The van der Waals surface area contributed by atoms with E-state index < -0.39 is 5.82 Å². The van der Waals surface area contributed by atoms with Gasteiger partial charge in [-0.3, -0.25) is 9.36 Å². The molecule has 2 aromatic heterocycles. The fraction of sp³-hybridized carbons (Fsp3) is 0.214. The molecule has 6 heteroatoms. The topological polar surface area (TPSA) is 47.8 Å². The molecule has 0 spiro atoms. The predicted octanol–water partition coefficient (Wildman–Crippen LogP) is 2.91. The lowest BCUT2D eigenvalue weighted by Gasteiger charge is -2.12. The average molecular weight is 289 g/mol. The maximum Gasteiger partial charge on any atom is 0.261 e. The number of fused-ring (bicyclic) bond motifs is 1. The smallest absolute Gasteiger partial charge is 0.261 e. The van der Waals surface area contributed by atoms with E-state index in [0.717, 1.165) is 10.7 Å². The maximum atomic E-state index is 13.3. The van der Waals surface area contributed by atoms with Crippen molar-refractivity contribution in [3.8, 4) is 0 Å². The molecule has 0 aliphatic rings. The number of aromatic nitrogens is 3. The Bertz CT molecular complexity index is 840. The van der Waals surface area contributed by atoms with E-state index in [1.807, 2.05) is 19.2 Å². The van der Waals surface area contributed by atoms with Crippen LogP contribution in [0.4, 0.5) is 4.39 Å². The Labute approximate surface area is 118 Å². The third-order valence-electron chi connectivity index (χ3n) is 3.16. The zero-order valence-electron chi connectivity index (χ0n) is 11.0. The van der Waals surface area contributed by atoms with E-state index in [2.05, 4.69) is 9.97 Å². The van der Waals surface area contributed by atoms with Crippen LogP contribution in [-0.2, 0) is 0 Å². The summed E-state index contributed by atoms with van der Waals surface area (Å²) in [6.07, 6.45) is 1.49. The van der Waals surface area contributed by atoms with Crippen molar-refractivity contribution in [2.45, 2.75) is 19.9 Å². The van der Waals surface area contributed by atoms with Gasteiger partial charge in [-0.15, -0.1) is 11.3 Å². The molecule has 0 saturated heterocycles. The van der Waals surface area contributed by atoms with Crippen LogP contribution >= 0.6 is 11.3 Å². The van der Waals surface area contributed by atoms with Gasteiger partial charge in [0, 0.05) is 11.1 Å². The van der Waals surface area contributed by atoms with Gasteiger partial charge in [-0.25, -0.2) is 14.4 Å². The highest BCUT2D eigenvalue weighted by molar-refractivity contribution is 7.09. The van der Waals surface area contributed by atoms with Gasteiger partial charge in [0.2, 0.25) is 0 Å². The molecule has 3 rings (SSSR count). The van der Waals surface area contributed by atoms with Crippen molar-refractivity contribution in [2.24, 2.45) is 0 Å². The summed E-state index contributed by atoms with van der Waals surface area (Å²) < 4.78 is 14.8. The second kappa shape index (κ2) is 4.79. The highest BCUT2D eigenvalue weighted by atomic mass is 32.1. The Morgan fingerprint density at radius 3 is 2.90 bits per heavy atom. The first-order valence-corrected chi connectivity index (χ1v) is 7.02. The number of hydrogen-bond donors (Lipinski definition) is 0. The van der Waals surface area contributed by atoms with Crippen molar-refractivity contribution < 1.29 is 4.39 Å². The summed E-state index contributed by atoms with van der Waals surface area (Å²) in [5.41, 5.74) is 1.16. The van der Waals surface area contributed by atoms with Crippen LogP contribution in [0.2, 0.25) is 0 Å². The number of aryl methyl sites for hydroxylation is 1. The van der Waals surface area contributed by atoms with E-state index in [0.29, 0.717) is 5.52 Å². The molecule has 102 valence electrons. The number of hydrogen-bond acceptors (Lipinski definition) is 4. The van der Waals surface area contributed by atoms with E-state index in [-0.39, 0.29) is 17.0 Å². The predicted molar refractivity (Wildman–Crippen MR) is 76.6 cm³/mol. The third kappa shape index (κ3) is 2.12. The van der Waals surface area contributed by atoms with Crippen LogP contribution in [0.3, 0.4) is 0 Å². The molecular weight excluding hydrogens is 277 g/mol. The molecule has 2 heterocycles. The lowest BCUT2D eigenvalue weighted by molar-refractivity contribution is 0.602. The van der Waals surface area contributed by atoms with Crippen LogP contribution in [0, 0.1) is 12.7 Å². The maximum absolute atomic E-state index is 13.3. The minimum absolute atomic E-state index is 0.221. The molecule has 0 N–H and O–H groups in total. The van der Waals surface area contributed by atoms with Crippen molar-refractivity contribution in [2.75, 3.05) is 0 Å². The van der Waals surface area contributed by atoms with Crippen LogP contribution in [0.15, 0.2) is 34.7 Å². The van der Waals surface area contributed by atoms with Crippen LogP contribution in [0.1, 0.15) is 23.7 Å². The highest BCUT2D eigenvalue weighted by Gasteiger charge is 2.15. The fourth-order valence-electron chi connectivity index (χ4n) is 2.07. The first-order valence-electron chi connectivity index (χ1n) is 6.14. The van der Waals surface area contributed by atoms with Crippen LogP contribution < -0.4 is 5.56 Å². The number of thiazole rings is 1. The second-order valence-electron chi connectivity index (χ2n) is 4.62. The molecule has 0 aliphatic heterocycles. The van der Waals surface area contributed by atoms with Gasteiger partial charge in [0.25, 0.3) is 5.56 Å². The monoisotopic (exact) mass is 289 g/mol. The van der Waals surface area contributed by atoms with Gasteiger partial charge >= 0.3 is 0 Å². The fourth-order valence-corrected chi connectivity index (χ4v) is 2.92. The first kappa shape index (κ1) is 12.9. The van der Waals surface area contributed by atoms with Gasteiger partial charge < -0.3 is 0 Å². The summed E-state index contributed by atoms with van der Waals surface area (Å²) in [6, 6.07) is 3.81. The highest BCUT2D eigenvalue weighted by Crippen LogP contribution is 2.21. The minimum Gasteiger partial charge on any atom is -0.289 e. The molecule has 20 heavy (non-hydrogen) atoms. The van der Waals surface area contributed by atoms with Gasteiger partial charge in [0.05, 0.1) is 23.3 Å². The Balaban J connectivity index is 2.17. The molecule has 4 nitrogen and oxygen atoms in total. The van der Waals surface area contributed by atoms with E-state index in [1.54, 1.807) is 0 Å². The zero-order valence-corrected chi connectivity index (χ0v) is 11.8. The van der Waals surface area contributed by atoms with Crippen molar-refractivity contribution >= 4 is 22.2 Å². The van der Waals surface area contributed by atoms with Crippen LogP contribution in [-0.4, -0.2) is 14.5 Å². The molecular formula is C14H12FN3OS. The second-order valence-corrected chi connectivity index (χ2v) is 5.51. The SMILES string of the molecule is Cc1csc(C(C)n2cnc3ccc(F)cc3c2=O)n1. The molecule has 0 saturated carbocycles. The van der Waals surface area contributed by atoms with E-state index in [4.69, 9.17) is 0 Å².